The first kappa shape index (κ1) is 17.9. The summed E-state index contributed by atoms with van der Waals surface area (Å²) < 4.78 is 9.83. The van der Waals surface area contributed by atoms with Crippen molar-refractivity contribution in [2.45, 2.75) is 6.42 Å². The molecule has 0 aliphatic heterocycles. The molecule has 2 aliphatic rings. The van der Waals surface area contributed by atoms with Crippen LogP contribution in [0.15, 0.2) is 54.1 Å². The van der Waals surface area contributed by atoms with Crippen molar-refractivity contribution in [3.05, 3.63) is 76.4 Å². The molecule has 2 aromatic rings. The van der Waals surface area contributed by atoms with E-state index < -0.39 is 28.9 Å². The fourth-order valence-corrected chi connectivity index (χ4v) is 4.11. The first-order valence-corrected chi connectivity index (χ1v) is 8.65. The predicted molar refractivity (Wildman–Crippen MR) is 98.6 cm³/mol. The number of Topliss-reactive ketones (excluding diaryl/α,β-unsaturated/α-hetero) is 2. The number of fused-ring (bicyclic) bond motifs is 3. The predicted octanol–water partition coefficient (Wildman–Crippen LogP) is 2.41. The van der Waals surface area contributed by atoms with E-state index in [-0.39, 0.29) is 28.7 Å². The number of methoxy groups -OCH3 is 2. The Morgan fingerprint density at radius 3 is 1.86 bits per heavy atom. The lowest BCUT2D eigenvalue weighted by molar-refractivity contribution is -0.165. The van der Waals surface area contributed by atoms with Gasteiger partial charge in [0.25, 0.3) is 0 Å². The summed E-state index contributed by atoms with van der Waals surface area (Å²) in [5.41, 5.74) is -0.622. The Morgan fingerprint density at radius 2 is 1.29 bits per heavy atom. The van der Waals surface area contributed by atoms with Crippen molar-refractivity contribution in [1.82, 2.24) is 0 Å². The topological polar surface area (TPSA) is 86.7 Å². The van der Waals surface area contributed by atoms with E-state index in [0.29, 0.717) is 11.1 Å². The maximum atomic E-state index is 13.4. The molecule has 0 unspecified atom stereocenters. The molecule has 0 spiro atoms. The van der Waals surface area contributed by atoms with Gasteiger partial charge in [0.05, 0.1) is 14.2 Å². The zero-order valence-corrected chi connectivity index (χ0v) is 15.3. The van der Waals surface area contributed by atoms with Crippen molar-refractivity contribution < 1.29 is 28.7 Å². The summed E-state index contributed by atoms with van der Waals surface area (Å²) in [7, 11) is 2.27. The summed E-state index contributed by atoms with van der Waals surface area (Å²) in [5.74, 6) is -2.81. The van der Waals surface area contributed by atoms with Gasteiger partial charge in [-0.15, -0.1) is 0 Å². The molecule has 0 aromatic heterocycles. The Morgan fingerprint density at radius 1 is 0.786 bits per heavy atom. The molecule has 4 rings (SSSR count). The lowest BCUT2D eigenvalue weighted by atomic mass is 9.62. The number of benzene rings is 2. The van der Waals surface area contributed by atoms with Gasteiger partial charge >= 0.3 is 11.9 Å². The Balaban J connectivity index is 2.14. The molecule has 2 aliphatic carbocycles. The van der Waals surface area contributed by atoms with Crippen LogP contribution in [0.2, 0.25) is 0 Å². The largest absolute Gasteiger partial charge is 0.468 e. The average molecular weight is 376 g/mol. The van der Waals surface area contributed by atoms with Crippen molar-refractivity contribution in [1.29, 1.82) is 0 Å². The number of ketones is 2. The third-order valence-electron chi connectivity index (χ3n) is 5.36. The Kier molecular flexibility index (Phi) is 4.00. The number of rotatable bonds is 2. The highest BCUT2D eigenvalue weighted by Gasteiger charge is 2.59. The number of esters is 2. The van der Waals surface area contributed by atoms with Crippen molar-refractivity contribution in [3.8, 4) is 0 Å². The van der Waals surface area contributed by atoms with Crippen LogP contribution in [0.1, 0.15) is 31.8 Å². The van der Waals surface area contributed by atoms with Gasteiger partial charge in [-0.3, -0.25) is 19.2 Å². The van der Waals surface area contributed by atoms with Crippen molar-refractivity contribution in [2.75, 3.05) is 14.2 Å². The molecular formula is C22H16O6. The van der Waals surface area contributed by atoms with Crippen LogP contribution in [0.4, 0.5) is 0 Å². The van der Waals surface area contributed by atoms with Crippen LogP contribution in [-0.4, -0.2) is 37.7 Å². The van der Waals surface area contributed by atoms with Crippen molar-refractivity contribution >= 4 is 29.1 Å². The summed E-state index contributed by atoms with van der Waals surface area (Å²) in [4.78, 5) is 52.6. The highest BCUT2D eigenvalue weighted by atomic mass is 16.5. The molecule has 0 N–H and O–H groups in total. The number of allylic oxidation sites excluding steroid dienone is 1. The molecule has 6 heteroatoms. The molecule has 0 bridgehead atoms. The van der Waals surface area contributed by atoms with Gasteiger partial charge in [-0.25, -0.2) is 0 Å². The van der Waals surface area contributed by atoms with Gasteiger partial charge < -0.3 is 9.47 Å². The Bertz CT molecular complexity index is 1080. The first-order valence-electron chi connectivity index (χ1n) is 8.65. The third-order valence-corrected chi connectivity index (χ3v) is 5.36. The maximum Gasteiger partial charge on any atom is 0.328 e. The second kappa shape index (κ2) is 6.27. The van der Waals surface area contributed by atoms with Crippen molar-refractivity contribution in [2.24, 2.45) is 5.41 Å². The lowest BCUT2D eigenvalue weighted by Crippen LogP contribution is -2.50. The quantitative estimate of drug-likeness (QED) is 0.591. The van der Waals surface area contributed by atoms with Gasteiger partial charge in [0.15, 0.2) is 17.0 Å². The van der Waals surface area contributed by atoms with Gasteiger partial charge in [-0.1, -0.05) is 48.5 Å². The van der Waals surface area contributed by atoms with Crippen molar-refractivity contribution in [3.63, 3.8) is 0 Å². The van der Waals surface area contributed by atoms with Crippen LogP contribution < -0.4 is 0 Å². The SMILES string of the molecule is COC(=O)C1(C(=O)OC)Cc2ccccc2C2=C1C(=O)c1ccccc1C2=O. The van der Waals surface area contributed by atoms with E-state index in [2.05, 4.69) is 0 Å². The molecule has 0 heterocycles. The summed E-state index contributed by atoms with van der Waals surface area (Å²) >= 11 is 0. The summed E-state index contributed by atoms with van der Waals surface area (Å²) in [5, 5.41) is 0. The number of hydrogen-bond acceptors (Lipinski definition) is 6. The molecule has 0 amide bonds. The minimum absolute atomic E-state index is 0.0568. The fourth-order valence-electron chi connectivity index (χ4n) is 4.11. The summed E-state index contributed by atoms with van der Waals surface area (Å²) in [6.45, 7) is 0. The summed E-state index contributed by atoms with van der Waals surface area (Å²) in [6, 6.07) is 13.3. The van der Waals surface area contributed by atoms with Crippen LogP contribution >= 0.6 is 0 Å². The highest BCUT2D eigenvalue weighted by molar-refractivity contribution is 6.43. The molecule has 0 atom stereocenters. The minimum Gasteiger partial charge on any atom is -0.468 e. The zero-order chi connectivity index (χ0) is 20.1. The first-order chi connectivity index (χ1) is 13.5. The Labute approximate surface area is 160 Å². The lowest BCUT2D eigenvalue weighted by Gasteiger charge is -2.38. The van der Waals surface area contributed by atoms with Gasteiger partial charge in [0.2, 0.25) is 0 Å². The normalized spacial score (nSPS) is 16.6. The molecule has 6 nitrogen and oxygen atoms in total. The maximum absolute atomic E-state index is 13.4. The second-order valence-electron chi connectivity index (χ2n) is 6.68. The van der Waals surface area contributed by atoms with Crippen LogP contribution in [0.5, 0.6) is 0 Å². The fraction of sp³-hybridized carbons (Fsp3) is 0.182. The smallest absolute Gasteiger partial charge is 0.328 e. The van der Waals surface area contributed by atoms with E-state index in [0.717, 1.165) is 14.2 Å². The molecule has 0 saturated carbocycles. The van der Waals surface area contributed by atoms with Gasteiger partial charge in [-0.05, 0) is 11.1 Å². The monoisotopic (exact) mass is 376 g/mol. The molecular weight excluding hydrogens is 360 g/mol. The van der Waals surface area contributed by atoms with Gasteiger partial charge in [0, 0.05) is 28.7 Å². The van der Waals surface area contributed by atoms with E-state index in [4.69, 9.17) is 9.47 Å². The average Bonchev–Trinajstić information content (AvgIpc) is 2.74. The van der Waals surface area contributed by atoms with Crippen LogP contribution in [0, 0.1) is 5.41 Å². The van der Waals surface area contributed by atoms with Crippen LogP contribution in [0.25, 0.3) is 5.57 Å². The molecule has 0 saturated heterocycles. The number of carbonyl (C=O) groups is 4. The molecule has 0 fully saturated rings. The van der Waals surface area contributed by atoms with Gasteiger partial charge in [0.1, 0.15) is 0 Å². The van der Waals surface area contributed by atoms with Gasteiger partial charge in [-0.2, -0.15) is 0 Å². The van der Waals surface area contributed by atoms with E-state index in [1.807, 2.05) is 0 Å². The molecule has 28 heavy (non-hydrogen) atoms. The third kappa shape index (κ3) is 2.14. The number of carbonyl (C=O) groups excluding carboxylic acids is 4. The molecule has 140 valence electrons. The molecule has 2 aromatic carbocycles. The number of hydrogen-bond donors (Lipinski definition) is 0. The zero-order valence-electron chi connectivity index (χ0n) is 15.3. The van der Waals surface area contributed by atoms with Crippen LogP contribution in [0.3, 0.4) is 0 Å². The second-order valence-corrected chi connectivity index (χ2v) is 6.68. The van der Waals surface area contributed by atoms with Crippen LogP contribution in [-0.2, 0) is 25.5 Å². The standard InChI is InChI=1S/C22H16O6/c1-27-20(25)22(21(26)28-2)11-12-7-3-4-8-13(12)16-17(22)19(24)15-10-6-5-9-14(15)18(16)23/h3-10H,11H2,1-2H3. The van der Waals surface area contributed by atoms with E-state index in [1.165, 1.54) is 6.07 Å². The Hall–Kier alpha value is -3.54. The molecule has 0 radical (unpaired) electrons. The summed E-state index contributed by atoms with van der Waals surface area (Å²) in [6.07, 6.45) is -0.122. The number of ether oxygens (including phenoxy) is 2. The van der Waals surface area contributed by atoms with E-state index in [9.17, 15) is 19.2 Å². The van der Waals surface area contributed by atoms with E-state index >= 15 is 0 Å². The highest BCUT2D eigenvalue weighted by Crippen LogP contribution is 2.49. The van der Waals surface area contributed by atoms with E-state index in [1.54, 1.807) is 42.5 Å². The minimum atomic E-state index is -2.03.